The minimum absolute atomic E-state index is 0.0358. The van der Waals surface area contributed by atoms with Gasteiger partial charge in [0.15, 0.2) is 5.78 Å². The predicted octanol–water partition coefficient (Wildman–Crippen LogP) is 1.48. The van der Waals surface area contributed by atoms with Crippen molar-refractivity contribution in [3.8, 4) is 0 Å². The van der Waals surface area contributed by atoms with Gasteiger partial charge in [0.2, 0.25) is 0 Å². The minimum Gasteiger partial charge on any atom is -0.299 e. The number of benzene rings is 1. The summed E-state index contributed by atoms with van der Waals surface area (Å²) in [5, 5.41) is 0. The number of hydrogen-bond donors (Lipinski definition) is 0. The van der Waals surface area contributed by atoms with Gasteiger partial charge in [-0.3, -0.25) is 9.59 Å². The van der Waals surface area contributed by atoms with Crippen molar-refractivity contribution in [3.05, 3.63) is 35.4 Å². The molecule has 66 valence electrons. The van der Waals surface area contributed by atoms with E-state index < -0.39 is 5.92 Å². The highest BCUT2D eigenvalue weighted by Gasteiger charge is 2.33. The van der Waals surface area contributed by atoms with E-state index in [0.29, 0.717) is 6.42 Å². The van der Waals surface area contributed by atoms with Crippen molar-refractivity contribution in [3.63, 3.8) is 0 Å². The maximum Gasteiger partial charge on any atom is 0.152 e. The van der Waals surface area contributed by atoms with E-state index in [-0.39, 0.29) is 11.6 Å². The van der Waals surface area contributed by atoms with E-state index in [1.54, 1.807) is 0 Å². The fraction of sp³-hybridized carbons (Fsp3) is 0.273. The van der Waals surface area contributed by atoms with Gasteiger partial charge in [-0.2, -0.15) is 0 Å². The van der Waals surface area contributed by atoms with Crippen molar-refractivity contribution in [1.82, 2.24) is 0 Å². The number of fused-ring (bicyclic) bond motifs is 1. The van der Waals surface area contributed by atoms with E-state index in [4.69, 9.17) is 0 Å². The molecule has 0 heterocycles. The van der Waals surface area contributed by atoms with E-state index in [0.717, 1.165) is 11.1 Å². The molecule has 0 saturated carbocycles. The lowest BCUT2D eigenvalue weighted by Crippen LogP contribution is -2.14. The second-order valence-electron chi connectivity index (χ2n) is 3.39. The van der Waals surface area contributed by atoms with Crippen LogP contribution in [-0.4, -0.2) is 11.6 Å². The van der Waals surface area contributed by atoms with Gasteiger partial charge < -0.3 is 0 Å². The zero-order valence-electron chi connectivity index (χ0n) is 7.41. The van der Waals surface area contributed by atoms with Gasteiger partial charge in [-0.1, -0.05) is 24.3 Å². The molecule has 0 bridgehead atoms. The Labute approximate surface area is 76.6 Å². The minimum atomic E-state index is -0.490. The Bertz CT molecular complexity index is 379. The summed E-state index contributed by atoms with van der Waals surface area (Å²) in [5.41, 5.74) is 1.91. The Morgan fingerprint density at radius 3 is 2.77 bits per heavy atom. The van der Waals surface area contributed by atoms with Crippen LogP contribution in [0.5, 0.6) is 0 Å². The van der Waals surface area contributed by atoms with Gasteiger partial charge >= 0.3 is 0 Å². The average Bonchev–Trinajstić information content (AvgIpc) is 2.39. The molecule has 0 fully saturated rings. The van der Waals surface area contributed by atoms with E-state index in [9.17, 15) is 9.59 Å². The second-order valence-corrected chi connectivity index (χ2v) is 3.39. The first-order valence-electron chi connectivity index (χ1n) is 4.31. The Kier molecular flexibility index (Phi) is 1.76. The van der Waals surface area contributed by atoms with Crippen molar-refractivity contribution in [2.75, 3.05) is 0 Å². The maximum atomic E-state index is 11.5. The fourth-order valence-corrected chi connectivity index (χ4v) is 1.89. The van der Waals surface area contributed by atoms with Gasteiger partial charge in [-0.15, -0.1) is 0 Å². The first kappa shape index (κ1) is 8.17. The first-order valence-corrected chi connectivity index (χ1v) is 4.31. The van der Waals surface area contributed by atoms with Gasteiger partial charge in [0.05, 0.1) is 0 Å². The lowest BCUT2D eigenvalue weighted by atomic mass is 9.97. The van der Waals surface area contributed by atoms with Gasteiger partial charge in [0.25, 0.3) is 0 Å². The van der Waals surface area contributed by atoms with E-state index in [1.807, 2.05) is 24.3 Å². The molecule has 0 amide bonds. The third kappa shape index (κ3) is 1.18. The number of hydrogen-bond acceptors (Lipinski definition) is 2. The topological polar surface area (TPSA) is 34.1 Å². The molecule has 1 atom stereocenters. The maximum absolute atomic E-state index is 11.5. The van der Waals surface area contributed by atoms with Crippen LogP contribution in [0.4, 0.5) is 0 Å². The van der Waals surface area contributed by atoms with Crippen LogP contribution in [0.3, 0.4) is 0 Å². The number of carbonyl (C=O) groups excluding carboxylic acids is 2. The normalized spacial score (nSPS) is 20.1. The van der Waals surface area contributed by atoms with Gasteiger partial charge in [0, 0.05) is 6.42 Å². The van der Waals surface area contributed by atoms with Crippen molar-refractivity contribution in [2.45, 2.75) is 19.3 Å². The van der Waals surface area contributed by atoms with Crippen LogP contribution in [0.25, 0.3) is 0 Å². The number of carbonyl (C=O) groups is 2. The molecule has 13 heavy (non-hydrogen) atoms. The quantitative estimate of drug-likeness (QED) is 0.604. The van der Waals surface area contributed by atoms with Crippen molar-refractivity contribution in [1.29, 1.82) is 0 Å². The molecule has 0 spiro atoms. The summed E-state index contributed by atoms with van der Waals surface area (Å²) in [6.45, 7) is 1.48. The van der Waals surface area contributed by atoms with Gasteiger partial charge in [-0.25, -0.2) is 0 Å². The highest BCUT2D eigenvalue weighted by molar-refractivity contribution is 6.10. The van der Waals surface area contributed by atoms with Crippen LogP contribution in [-0.2, 0) is 16.0 Å². The molecule has 2 rings (SSSR count). The van der Waals surface area contributed by atoms with Crippen LogP contribution in [0.2, 0.25) is 0 Å². The van der Waals surface area contributed by atoms with Gasteiger partial charge in [-0.05, 0) is 18.1 Å². The number of Topliss-reactive ketones (excluding diaryl/α,β-unsaturated/α-hetero) is 2. The monoisotopic (exact) mass is 174 g/mol. The molecular formula is C11H10O2. The van der Waals surface area contributed by atoms with Crippen molar-refractivity contribution >= 4 is 11.6 Å². The lowest BCUT2D eigenvalue weighted by molar-refractivity contribution is -0.126. The molecule has 0 unspecified atom stereocenters. The zero-order chi connectivity index (χ0) is 9.42. The molecular weight excluding hydrogens is 164 g/mol. The summed E-state index contributed by atoms with van der Waals surface area (Å²) in [6.07, 6.45) is 0.417. The highest BCUT2D eigenvalue weighted by atomic mass is 16.1. The lowest BCUT2D eigenvalue weighted by Gasteiger charge is -2.04. The van der Waals surface area contributed by atoms with Crippen LogP contribution >= 0.6 is 0 Å². The third-order valence-corrected chi connectivity index (χ3v) is 2.46. The predicted molar refractivity (Wildman–Crippen MR) is 48.6 cm³/mol. The summed E-state index contributed by atoms with van der Waals surface area (Å²) in [6, 6.07) is 7.55. The number of rotatable bonds is 1. The molecule has 0 radical (unpaired) electrons. The van der Waals surface area contributed by atoms with Crippen LogP contribution < -0.4 is 0 Å². The van der Waals surface area contributed by atoms with Gasteiger partial charge in [0.1, 0.15) is 11.7 Å². The summed E-state index contributed by atoms with van der Waals surface area (Å²) >= 11 is 0. The second kappa shape index (κ2) is 2.80. The van der Waals surface area contributed by atoms with E-state index in [2.05, 4.69) is 0 Å². The largest absolute Gasteiger partial charge is 0.299 e. The SMILES string of the molecule is CC(=O)[C@@H]1C(=O)Cc2ccccc21. The van der Waals surface area contributed by atoms with E-state index >= 15 is 0 Å². The molecule has 0 N–H and O–H groups in total. The summed E-state index contributed by atoms with van der Waals surface area (Å²) in [4.78, 5) is 22.7. The first-order chi connectivity index (χ1) is 6.20. The van der Waals surface area contributed by atoms with Crippen molar-refractivity contribution in [2.24, 2.45) is 0 Å². The Morgan fingerprint density at radius 2 is 2.08 bits per heavy atom. The van der Waals surface area contributed by atoms with Crippen molar-refractivity contribution < 1.29 is 9.59 Å². The smallest absolute Gasteiger partial charge is 0.152 e. The Morgan fingerprint density at radius 1 is 1.38 bits per heavy atom. The Balaban J connectivity index is 2.52. The zero-order valence-corrected chi connectivity index (χ0v) is 7.41. The third-order valence-electron chi connectivity index (χ3n) is 2.46. The standard InChI is InChI=1S/C11H10O2/c1-7(12)11-9-5-3-2-4-8(9)6-10(11)13/h2-5,11H,6H2,1H3/t11-/m0/s1. The number of ketones is 2. The molecule has 0 saturated heterocycles. The molecule has 1 aromatic carbocycles. The van der Waals surface area contributed by atoms with Crippen LogP contribution in [0.15, 0.2) is 24.3 Å². The summed E-state index contributed by atoms with van der Waals surface area (Å²) < 4.78 is 0. The molecule has 0 aliphatic heterocycles. The van der Waals surface area contributed by atoms with Crippen LogP contribution in [0.1, 0.15) is 24.0 Å². The Hall–Kier alpha value is -1.44. The molecule has 1 aliphatic carbocycles. The molecule has 2 heteroatoms. The highest BCUT2D eigenvalue weighted by Crippen LogP contribution is 2.30. The molecule has 1 aliphatic rings. The molecule has 1 aromatic rings. The van der Waals surface area contributed by atoms with Crippen LogP contribution in [0, 0.1) is 0 Å². The average molecular weight is 174 g/mol. The van der Waals surface area contributed by atoms with E-state index in [1.165, 1.54) is 6.92 Å². The molecule has 0 aromatic heterocycles. The summed E-state index contributed by atoms with van der Waals surface area (Å²) in [7, 11) is 0. The molecule has 2 nitrogen and oxygen atoms in total. The summed E-state index contributed by atoms with van der Waals surface area (Å²) in [5.74, 6) is -0.500. The fourth-order valence-electron chi connectivity index (χ4n) is 1.89.